The average molecular weight is 795 g/mol. The van der Waals surface area contributed by atoms with E-state index < -0.39 is 0 Å². The standard InChI is InChI=1S/C58H38N2S/c1-2-15-46-41(13-1)14-11-20-47(46)42-31-37-44(38-32-42)59(53-22-7-5-18-50(53)51-21-12-26-57-58(51)52-19-6-10-25-56(52)61-57)43-33-27-39(28-34-43)40-29-35-45(36-30-40)60-54-23-8-3-16-48(54)49-17-4-9-24-55(49)60/h1-38H. The van der Waals surface area contributed by atoms with E-state index in [0.29, 0.717) is 0 Å². The molecule has 0 fully saturated rings. The number of benzene rings is 10. The van der Waals surface area contributed by atoms with Gasteiger partial charge < -0.3 is 9.47 Å². The predicted molar refractivity (Wildman–Crippen MR) is 262 cm³/mol. The van der Waals surface area contributed by atoms with E-state index >= 15 is 0 Å². The molecule has 12 rings (SSSR count). The molecular formula is C58H38N2S. The van der Waals surface area contributed by atoms with Gasteiger partial charge in [0.1, 0.15) is 0 Å². The summed E-state index contributed by atoms with van der Waals surface area (Å²) < 4.78 is 4.98. The molecule has 0 unspecified atom stereocenters. The van der Waals surface area contributed by atoms with E-state index in [9.17, 15) is 0 Å². The summed E-state index contributed by atoms with van der Waals surface area (Å²) in [4.78, 5) is 2.42. The third-order valence-electron chi connectivity index (χ3n) is 12.2. The second kappa shape index (κ2) is 14.5. The molecule has 2 aromatic heterocycles. The van der Waals surface area contributed by atoms with Crippen LogP contribution in [0.4, 0.5) is 17.1 Å². The fourth-order valence-electron chi connectivity index (χ4n) is 9.40. The van der Waals surface area contributed by atoms with E-state index in [4.69, 9.17) is 0 Å². The van der Waals surface area contributed by atoms with Crippen molar-refractivity contribution in [1.29, 1.82) is 0 Å². The summed E-state index contributed by atoms with van der Waals surface area (Å²) in [5.74, 6) is 0. The Bertz CT molecular complexity index is 3520. The number of para-hydroxylation sites is 3. The van der Waals surface area contributed by atoms with Crippen LogP contribution in [0.3, 0.4) is 0 Å². The largest absolute Gasteiger partial charge is 0.310 e. The first kappa shape index (κ1) is 35.2. The highest BCUT2D eigenvalue weighted by atomic mass is 32.1. The molecule has 0 atom stereocenters. The highest BCUT2D eigenvalue weighted by Crippen LogP contribution is 2.46. The van der Waals surface area contributed by atoms with Gasteiger partial charge in [-0.25, -0.2) is 0 Å². The van der Waals surface area contributed by atoms with Crippen LogP contribution in [0.1, 0.15) is 0 Å². The van der Waals surface area contributed by atoms with E-state index in [1.807, 2.05) is 11.3 Å². The lowest BCUT2D eigenvalue weighted by atomic mass is 9.96. The molecule has 0 aliphatic rings. The molecule has 0 radical (unpaired) electrons. The number of fused-ring (bicyclic) bond motifs is 7. The summed E-state index contributed by atoms with van der Waals surface area (Å²) in [5.41, 5.74) is 14.1. The molecule has 61 heavy (non-hydrogen) atoms. The van der Waals surface area contributed by atoms with Gasteiger partial charge in [0.25, 0.3) is 0 Å². The van der Waals surface area contributed by atoms with Gasteiger partial charge in [-0.2, -0.15) is 0 Å². The molecule has 3 heteroatoms. The molecule has 10 aromatic carbocycles. The number of hydrogen-bond donors (Lipinski definition) is 0. The van der Waals surface area contributed by atoms with Crippen molar-refractivity contribution in [2.24, 2.45) is 0 Å². The van der Waals surface area contributed by atoms with Crippen LogP contribution in [0.5, 0.6) is 0 Å². The molecule has 0 aliphatic carbocycles. The summed E-state index contributed by atoms with van der Waals surface area (Å²) in [5, 5.41) is 7.65. The Balaban J connectivity index is 0.967. The van der Waals surface area contributed by atoms with Crippen LogP contribution in [-0.4, -0.2) is 4.57 Å². The molecule has 0 amide bonds. The van der Waals surface area contributed by atoms with Crippen molar-refractivity contribution in [2.75, 3.05) is 4.90 Å². The molecule has 0 saturated heterocycles. The lowest BCUT2D eigenvalue weighted by Crippen LogP contribution is -2.11. The first-order valence-electron chi connectivity index (χ1n) is 20.8. The number of hydrogen-bond acceptors (Lipinski definition) is 2. The topological polar surface area (TPSA) is 8.17 Å². The van der Waals surface area contributed by atoms with Gasteiger partial charge in [0.05, 0.1) is 16.7 Å². The molecule has 0 spiro atoms. The van der Waals surface area contributed by atoms with Crippen LogP contribution in [0.25, 0.3) is 91.8 Å². The Hall–Kier alpha value is -7.72. The summed E-state index contributed by atoms with van der Waals surface area (Å²) in [6.45, 7) is 0. The van der Waals surface area contributed by atoms with Gasteiger partial charge in [0, 0.05) is 53.6 Å². The molecular weight excluding hydrogens is 757 g/mol. The highest BCUT2D eigenvalue weighted by Gasteiger charge is 2.20. The van der Waals surface area contributed by atoms with Gasteiger partial charge >= 0.3 is 0 Å². The summed E-state index contributed by atoms with van der Waals surface area (Å²) in [6.07, 6.45) is 0. The van der Waals surface area contributed by atoms with Crippen LogP contribution >= 0.6 is 11.3 Å². The second-order valence-electron chi connectivity index (χ2n) is 15.7. The van der Waals surface area contributed by atoms with E-state index in [-0.39, 0.29) is 0 Å². The number of anilines is 3. The highest BCUT2D eigenvalue weighted by molar-refractivity contribution is 7.25. The van der Waals surface area contributed by atoms with Gasteiger partial charge in [0.15, 0.2) is 0 Å². The molecule has 0 bridgehead atoms. The maximum Gasteiger partial charge on any atom is 0.0541 e. The first-order valence-corrected chi connectivity index (χ1v) is 21.7. The van der Waals surface area contributed by atoms with Crippen molar-refractivity contribution in [3.05, 3.63) is 231 Å². The Labute approximate surface area is 358 Å². The van der Waals surface area contributed by atoms with E-state index in [1.165, 1.54) is 86.1 Å². The van der Waals surface area contributed by atoms with Gasteiger partial charge in [-0.15, -0.1) is 11.3 Å². The van der Waals surface area contributed by atoms with Crippen molar-refractivity contribution in [1.82, 2.24) is 4.57 Å². The lowest BCUT2D eigenvalue weighted by molar-refractivity contribution is 1.18. The number of aromatic nitrogens is 1. The predicted octanol–water partition coefficient (Wildman–Crippen LogP) is 16.8. The van der Waals surface area contributed by atoms with Gasteiger partial charge in [-0.05, 0) is 105 Å². The molecule has 0 saturated carbocycles. The van der Waals surface area contributed by atoms with E-state index in [2.05, 4.69) is 240 Å². The fourth-order valence-corrected chi connectivity index (χ4v) is 10.5. The molecule has 0 N–H and O–H groups in total. The van der Waals surface area contributed by atoms with E-state index in [1.54, 1.807) is 0 Å². The Morgan fingerprint density at radius 1 is 0.328 bits per heavy atom. The Kier molecular flexibility index (Phi) is 8.39. The zero-order valence-electron chi connectivity index (χ0n) is 33.2. The number of thiophene rings is 1. The van der Waals surface area contributed by atoms with Crippen molar-refractivity contribution in [3.63, 3.8) is 0 Å². The number of nitrogens with zero attached hydrogens (tertiary/aromatic N) is 2. The first-order chi connectivity index (χ1) is 30.3. The van der Waals surface area contributed by atoms with Crippen LogP contribution in [-0.2, 0) is 0 Å². The van der Waals surface area contributed by atoms with Crippen LogP contribution in [0.15, 0.2) is 231 Å². The second-order valence-corrected chi connectivity index (χ2v) is 16.8. The minimum Gasteiger partial charge on any atom is -0.310 e. The lowest BCUT2D eigenvalue weighted by Gasteiger charge is -2.28. The average Bonchev–Trinajstić information content (AvgIpc) is 3.88. The maximum atomic E-state index is 2.42. The molecule has 286 valence electrons. The Morgan fingerprint density at radius 2 is 0.820 bits per heavy atom. The zero-order chi connectivity index (χ0) is 40.3. The maximum absolute atomic E-state index is 2.42. The summed E-state index contributed by atoms with van der Waals surface area (Å²) in [6, 6.07) is 84.1. The summed E-state index contributed by atoms with van der Waals surface area (Å²) in [7, 11) is 0. The van der Waals surface area contributed by atoms with E-state index in [0.717, 1.165) is 22.7 Å². The van der Waals surface area contributed by atoms with Crippen molar-refractivity contribution < 1.29 is 0 Å². The molecule has 12 aromatic rings. The SMILES string of the molecule is c1ccc(N(c2ccc(-c3ccc(-n4c5ccccc5c5ccccc54)cc3)cc2)c2ccc(-c3cccc4ccccc34)cc2)c(-c2cccc3sc4ccccc4c23)c1. The number of rotatable bonds is 7. The van der Waals surface area contributed by atoms with Crippen LogP contribution in [0.2, 0.25) is 0 Å². The van der Waals surface area contributed by atoms with Gasteiger partial charge in [0.2, 0.25) is 0 Å². The Morgan fingerprint density at radius 3 is 1.54 bits per heavy atom. The smallest absolute Gasteiger partial charge is 0.0541 e. The van der Waals surface area contributed by atoms with Gasteiger partial charge in [-0.3, -0.25) is 0 Å². The zero-order valence-corrected chi connectivity index (χ0v) is 34.1. The van der Waals surface area contributed by atoms with Gasteiger partial charge in [-0.1, -0.05) is 164 Å². The van der Waals surface area contributed by atoms with Crippen LogP contribution in [0, 0.1) is 0 Å². The monoisotopic (exact) mass is 794 g/mol. The molecule has 2 heterocycles. The molecule has 0 aliphatic heterocycles. The third kappa shape index (κ3) is 5.93. The quantitative estimate of drug-likeness (QED) is 0.156. The normalized spacial score (nSPS) is 11.6. The van der Waals surface area contributed by atoms with Crippen molar-refractivity contribution in [2.45, 2.75) is 0 Å². The fraction of sp³-hybridized carbons (Fsp3) is 0. The third-order valence-corrected chi connectivity index (χ3v) is 13.4. The van der Waals surface area contributed by atoms with Crippen LogP contribution < -0.4 is 4.90 Å². The minimum absolute atomic E-state index is 1.10. The van der Waals surface area contributed by atoms with Crippen molar-refractivity contribution >= 4 is 81.1 Å². The minimum atomic E-state index is 1.10. The van der Waals surface area contributed by atoms with Crippen molar-refractivity contribution in [3.8, 4) is 39.1 Å². The summed E-state index contributed by atoms with van der Waals surface area (Å²) >= 11 is 1.86. The molecule has 2 nitrogen and oxygen atoms in total.